The van der Waals surface area contributed by atoms with Crippen LogP contribution >= 0.6 is 24.0 Å². The fourth-order valence-corrected chi connectivity index (χ4v) is 2.39. The van der Waals surface area contributed by atoms with E-state index in [0.29, 0.717) is 12.5 Å². The van der Waals surface area contributed by atoms with Crippen LogP contribution in [0.15, 0.2) is 57.9 Å². The number of furan rings is 1. The second-order valence-corrected chi connectivity index (χ2v) is 5.20. The zero-order valence-electron chi connectivity index (χ0n) is 13.6. The average Bonchev–Trinajstić information content (AvgIpc) is 2.90. The summed E-state index contributed by atoms with van der Waals surface area (Å²) in [6.45, 7) is 2.43. The van der Waals surface area contributed by atoms with Crippen molar-refractivity contribution in [1.29, 1.82) is 0 Å². The van der Waals surface area contributed by atoms with Gasteiger partial charge in [0.15, 0.2) is 5.96 Å². The van der Waals surface area contributed by atoms with Crippen LogP contribution in [0.3, 0.4) is 0 Å². The first-order valence-corrected chi connectivity index (χ1v) is 7.35. The molecular weight excluding hydrogens is 417 g/mol. The molecule has 0 radical (unpaired) electrons. The van der Waals surface area contributed by atoms with E-state index in [1.807, 2.05) is 55.5 Å². The highest BCUT2D eigenvalue weighted by molar-refractivity contribution is 14.0. The molecule has 0 saturated carbocycles. The Morgan fingerprint density at radius 1 is 1.17 bits per heavy atom. The second kappa shape index (κ2) is 8.05. The van der Waals surface area contributed by atoms with Gasteiger partial charge in [-0.1, -0.05) is 18.2 Å². The van der Waals surface area contributed by atoms with Crippen molar-refractivity contribution in [2.75, 3.05) is 12.4 Å². The maximum absolute atomic E-state index is 5.93. The number of guanidine groups is 1. The SMILES string of the molecule is COc1ccc(NC(N)=NCc2oc3ccccc3c2C)cc1.I. The van der Waals surface area contributed by atoms with E-state index in [2.05, 4.69) is 10.3 Å². The summed E-state index contributed by atoms with van der Waals surface area (Å²) in [6.07, 6.45) is 0. The first kappa shape index (κ1) is 18.1. The highest BCUT2D eigenvalue weighted by Crippen LogP contribution is 2.25. The normalized spacial score (nSPS) is 11.2. The number of nitrogens with zero attached hydrogens (tertiary/aromatic N) is 1. The van der Waals surface area contributed by atoms with Crippen LogP contribution in [0.5, 0.6) is 5.75 Å². The van der Waals surface area contributed by atoms with E-state index < -0.39 is 0 Å². The summed E-state index contributed by atoms with van der Waals surface area (Å²) in [5, 5.41) is 4.16. The maximum Gasteiger partial charge on any atom is 0.193 e. The van der Waals surface area contributed by atoms with E-state index in [-0.39, 0.29) is 24.0 Å². The molecule has 0 saturated heterocycles. The number of rotatable bonds is 4. The van der Waals surface area contributed by atoms with Crippen LogP contribution in [0.25, 0.3) is 11.0 Å². The van der Waals surface area contributed by atoms with E-state index in [4.69, 9.17) is 14.9 Å². The molecule has 0 spiro atoms. The van der Waals surface area contributed by atoms with E-state index in [1.54, 1.807) is 7.11 Å². The third-order valence-corrected chi connectivity index (χ3v) is 3.70. The van der Waals surface area contributed by atoms with Gasteiger partial charge in [-0.25, -0.2) is 4.99 Å². The van der Waals surface area contributed by atoms with Gasteiger partial charge in [-0.05, 0) is 37.3 Å². The molecule has 126 valence electrons. The fraction of sp³-hybridized carbons (Fsp3) is 0.167. The Bertz CT molecular complexity index is 841. The van der Waals surface area contributed by atoms with Gasteiger partial charge in [0.05, 0.1) is 7.11 Å². The molecule has 0 atom stereocenters. The molecule has 3 rings (SSSR count). The van der Waals surface area contributed by atoms with Crippen molar-refractivity contribution in [3.63, 3.8) is 0 Å². The number of aryl methyl sites for hydroxylation is 1. The van der Waals surface area contributed by atoms with Crippen LogP contribution in [0.4, 0.5) is 5.69 Å². The summed E-state index contributed by atoms with van der Waals surface area (Å²) in [6, 6.07) is 15.4. The number of fused-ring (bicyclic) bond motifs is 1. The molecule has 0 unspecified atom stereocenters. The Balaban J connectivity index is 0.00000208. The number of hydrogen-bond donors (Lipinski definition) is 2. The topological polar surface area (TPSA) is 72.8 Å². The van der Waals surface area contributed by atoms with Crippen LogP contribution in [0.2, 0.25) is 0 Å². The first-order valence-electron chi connectivity index (χ1n) is 7.35. The minimum Gasteiger partial charge on any atom is -0.497 e. The van der Waals surface area contributed by atoms with Crippen LogP contribution < -0.4 is 15.8 Å². The van der Waals surface area contributed by atoms with E-state index in [9.17, 15) is 0 Å². The van der Waals surface area contributed by atoms with Gasteiger partial charge >= 0.3 is 0 Å². The fourth-order valence-electron chi connectivity index (χ4n) is 2.39. The summed E-state index contributed by atoms with van der Waals surface area (Å²) in [4.78, 5) is 4.35. The molecule has 6 heteroatoms. The van der Waals surface area contributed by atoms with Crippen LogP contribution in [0.1, 0.15) is 11.3 Å². The number of aliphatic imine (C=N–C) groups is 1. The predicted octanol–water partition coefficient (Wildman–Crippen LogP) is 4.29. The summed E-state index contributed by atoms with van der Waals surface area (Å²) in [7, 11) is 1.63. The number of halogens is 1. The molecule has 0 aliphatic carbocycles. The van der Waals surface area contributed by atoms with Crippen molar-refractivity contribution >= 4 is 46.6 Å². The maximum atomic E-state index is 5.93. The minimum absolute atomic E-state index is 0. The van der Waals surface area contributed by atoms with Gasteiger partial charge in [0.2, 0.25) is 0 Å². The lowest BCUT2D eigenvalue weighted by molar-refractivity contribution is 0.415. The number of nitrogens with one attached hydrogen (secondary N) is 1. The second-order valence-electron chi connectivity index (χ2n) is 5.20. The zero-order valence-corrected chi connectivity index (χ0v) is 15.9. The van der Waals surface area contributed by atoms with Gasteiger partial charge in [0, 0.05) is 16.6 Å². The molecule has 1 heterocycles. The summed E-state index contributed by atoms with van der Waals surface area (Å²) in [5.74, 6) is 1.96. The van der Waals surface area contributed by atoms with Gasteiger partial charge in [-0.3, -0.25) is 0 Å². The van der Waals surface area contributed by atoms with E-state index in [1.165, 1.54) is 0 Å². The van der Waals surface area contributed by atoms with Gasteiger partial charge in [0.1, 0.15) is 23.6 Å². The monoisotopic (exact) mass is 437 g/mol. The molecular formula is C18H20IN3O2. The molecule has 1 aromatic heterocycles. The van der Waals surface area contributed by atoms with Gasteiger partial charge < -0.3 is 20.2 Å². The quantitative estimate of drug-likeness (QED) is 0.363. The standard InChI is InChI=1S/C18H19N3O2.HI/c1-12-15-5-3-4-6-16(15)23-17(12)11-20-18(19)21-13-7-9-14(22-2)10-8-13;/h3-10H,11H2,1-2H3,(H3,19,20,21);1H. The molecule has 0 bridgehead atoms. The molecule has 0 fully saturated rings. The largest absolute Gasteiger partial charge is 0.497 e. The van der Waals surface area contributed by atoms with Crippen LogP contribution in [-0.2, 0) is 6.54 Å². The van der Waals surface area contributed by atoms with Crippen molar-refractivity contribution in [3.8, 4) is 5.75 Å². The lowest BCUT2D eigenvalue weighted by Crippen LogP contribution is -2.22. The lowest BCUT2D eigenvalue weighted by Gasteiger charge is -2.06. The van der Waals surface area contributed by atoms with Gasteiger partial charge in [-0.15, -0.1) is 24.0 Å². The Kier molecular flexibility index (Phi) is 6.08. The third kappa shape index (κ3) is 4.00. The molecule has 3 N–H and O–H groups in total. The average molecular weight is 437 g/mol. The van der Waals surface area contributed by atoms with Gasteiger partial charge in [-0.2, -0.15) is 0 Å². The number of nitrogens with two attached hydrogens (primary N) is 1. The van der Waals surface area contributed by atoms with E-state index >= 15 is 0 Å². The number of anilines is 1. The summed E-state index contributed by atoms with van der Waals surface area (Å²) in [5.41, 5.74) is 8.76. The molecule has 24 heavy (non-hydrogen) atoms. The summed E-state index contributed by atoms with van der Waals surface area (Å²) < 4.78 is 10.9. The van der Waals surface area contributed by atoms with Crippen molar-refractivity contribution in [2.24, 2.45) is 10.7 Å². The first-order chi connectivity index (χ1) is 11.2. The number of methoxy groups -OCH3 is 1. The molecule has 0 aliphatic rings. The molecule has 3 aromatic rings. The molecule has 5 nitrogen and oxygen atoms in total. The predicted molar refractivity (Wildman–Crippen MR) is 108 cm³/mol. The van der Waals surface area contributed by atoms with Crippen molar-refractivity contribution in [1.82, 2.24) is 0 Å². The molecule has 0 aliphatic heterocycles. The van der Waals surface area contributed by atoms with Crippen molar-refractivity contribution < 1.29 is 9.15 Å². The number of ether oxygens (including phenoxy) is 1. The third-order valence-electron chi connectivity index (χ3n) is 3.70. The zero-order chi connectivity index (χ0) is 16.2. The molecule has 0 amide bonds. The lowest BCUT2D eigenvalue weighted by atomic mass is 10.1. The minimum atomic E-state index is 0. The van der Waals surface area contributed by atoms with Crippen molar-refractivity contribution in [3.05, 3.63) is 59.9 Å². The number of benzene rings is 2. The number of hydrogen-bond acceptors (Lipinski definition) is 3. The van der Waals surface area contributed by atoms with E-state index in [0.717, 1.165) is 33.7 Å². The van der Waals surface area contributed by atoms with Crippen LogP contribution in [0, 0.1) is 6.92 Å². The molecule has 2 aromatic carbocycles. The van der Waals surface area contributed by atoms with Gasteiger partial charge in [0.25, 0.3) is 0 Å². The highest BCUT2D eigenvalue weighted by Gasteiger charge is 2.09. The highest BCUT2D eigenvalue weighted by atomic mass is 127. The Labute approximate surface area is 157 Å². The number of para-hydroxylation sites is 1. The van der Waals surface area contributed by atoms with Crippen molar-refractivity contribution in [2.45, 2.75) is 13.5 Å². The van der Waals surface area contributed by atoms with Crippen LogP contribution in [-0.4, -0.2) is 13.1 Å². The Hall–Kier alpha value is -2.22. The Morgan fingerprint density at radius 2 is 1.88 bits per heavy atom. The summed E-state index contributed by atoms with van der Waals surface area (Å²) >= 11 is 0. The Morgan fingerprint density at radius 3 is 2.54 bits per heavy atom. The smallest absolute Gasteiger partial charge is 0.193 e.